The van der Waals surface area contributed by atoms with Crippen molar-refractivity contribution in [3.63, 3.8) is 0 Å². The summed E-state index contributed by atoms with van der Waals surface area (Å²) in [6.07, 6.45) is 0. The predicted octanol–water partition coefficient (Wildman–Crippen LogP) is 4.34. The van der Waals surface area contributed by atoms with Gasteiger partial charge in [0.15, 0.2) is 0 Å². The molecule has 31 heavy (non-hydrogen) atoms. The van der Waals surface area contributed by atoms with E-state index in [2.05, 4.69) is 5.32 Å². The largest absolute Gasteiger partial charge is 0.494 e. The summed E-state index contributed by atoms with van der Waals surface area (Å²) >= 11 is 5.86. The number of benzene rings is 3. The van der Waals surface area contributed by atoms with Gasteiger partial charge in [0.25, 0.3) is 21.8 Å². The van der Waals surface area contributed by atoms with Crippen molar-refractivity contribution in [3.8, 4) is 5.75 Å². The average molecular weight is 457 g/mol. The Morgan fingerprint density at radius 3 is 2.35 bits per heavy atom. The fraction of sp³-hybridized carbons (Fsp3) is 0.0909. The Labute approximate surface area is 184 Å². The Hall–Kier alpha value is -3.36. The number of anilines is 2. The molecule has 0 radical (unpaired) electrons. The van der Waals surface area contributed by atoms with Gasteiger partial charge >= 0.3 is 0 Å². The molecule has 0 saturated carbocycles. The standard InChI is InChI=1S/C22H17ClN2O5S/c1-2-30-18-10-6-16(7-11-18)24-21(26)14-3-12-19-20(13-14)31(28,29)25(22(19)27)17-8-4-15(23)5-9-17/h3-13H,2H2,1H3,(H,24,26). The zero-order valence-electron chi connectivity index (χ0n) is 16.3. The molecule has 0 spiro atoms. The molecule has 2 amide bonds. The summed E-state index contributed by atoms with van der Waals surface area (Å²) in [7, 11) is -4.16. The highest BCUT2D eigenvalue weighted by molar-refractivity contribution is 7.94. The van der Waals surface area contributed by atoms with Gasteiger partial charge in [-0.3, -0.25) is 9.59 Å². The minimum Gasteiger partial charge on any atom is -0.494 e. The molecule has 0 fully saturated rings. The molecule has 3 aromatic rings. The number of hydrogen-bond donors (Lipinski definition) is 1. The van der Waals surface area contributed by atoms with Crippen molar-refractivity contribution >= 4 is 44.8 Å². The Bertz CT molecular complexity index is 1270. The van der Waals surface area contributed by atoms with Crippen molar-refractivity contribution in [1.29, 1.82) is 0 Å². The molecule has 9 heteroatoms. The number of rotatable bonds is 5. The third-order valence-corrected chi connectivity index (χ3v) is 6.66. The first-order valence-corrected chi connectivity index (χ1v) is 11.2. The van der Waals surface area contributed by atoms with Crippen molar-refractivity contribution < 1.29 is 22.7 Å². The van der Waals surface area contributed by atoms with Crippen LogP contribution in [0.25, 0.3) is 0 Å². The second-order valence-electron chi connectivity index (χ2n) is 6.67. The van der Waals surface area contributed by atoms with Crippen LogP contribution in [0.2, 0.25) is 5.02 Å². The summed E-state index contributed by atoms with van der Waals surface area (Å²) in [6, 6.07) is 16.7. The number of carbonyl (C=O) groups excluding carboxylic acids is 2. The van der Waals surface area contributed by atoms with E-state index in [1.165, 1.54) is 42.5 Å². The zero-order chi connectivity index (χ0) is 22.2. The van der Waals surface area contributed by atoms with Crippen molar-refractivity contribution in [2.75, 3.05) is 16.2 Å². The highest BCUT2D eigenvalue weighted by atomic mass is 35.5. The SMILES string of the molecule is CCOc1ccc(NC(=O)c2ccc3c(c2)S(=O)(=O)N(c2ccc(Cl)cc2)C3=O)cc1. The molecule has 0 aromatic heterocycles. The summed E-state index contributed by atoms with van der Waals surface area (Å²) in [4.78, 5) is 25.2. The number of amides is 2. The summed E-state index contributed by atoms with van der Waals surface area (Å²) in [6.45, 7) is 2.40. The van der Waals surface area contributed by atoms with Crippen LogP contribution in [0.1, 0.15) is 27.6 Å². The van der Waals surface area contributed by atoms with Gasteiger partial charge in [0.2, 0.25) is 0 Å². The van der Waals surface area contributed by atoms with Gasteiger partial charge in [0.05, 0.1) is 17.9 Å². The van der Waals surface area contributed by atoms with Crippen LogP contribution in [0.4, 0.5) is 11.4 Å². The number of carbonyl (C=O) groups is 2. The molecule has 0 aliphatic carbocycles. The van der Waals surface area contributed by atoms with Crippen LogP contribution in [0.5, 0.6) is 5.75 Å². The Morgan fingerprint density at radius 2 is 1.71 bits per heavy atom. The molecule has 7 nitrogen and oxygen atoms in total. The Morgan fingerprint density at radius 1 is 1.03 bits per heavy atom. The van der Waals surface area contributed by atoms with Crippen molar-refractivity contribution in [2.24, 2.45) is 0 Å². The summed E-state index contributed by atoms with van der Waals surface area (Å²) < 4.78 is 32.2. The molecular formula is C22H17ClN2O5S. The maximum absolute atomic E-state index is 13.0. The monoisotopic (exact) mass is 456 g/mol. The first-order valence-electron chi connectivity index (χ1n) is 9.35. The van der Waals surface area contributed by atoms with Crippen LogP contribution in [0.3, 0.4) is 0 Å². The predicted molar refractivity (Wildman–Crippen MR) is 117 cm³/mol. The van der Waals surface area contributed by atoms with Crippen LogP contribution in [-0.2, 0) is 10.0 Å². The van der Waals surface area contributed by atoms with Crippen LogP contribution in [-0.4, -0.2) is 26.8 Å². The third kappa shape index (κ3) is 3.87. The van der Waals surface area contributed by atoms with Crippen LogP contribution < -0.4 is 14.4 Å². The van der Waals surface area contributed by atoms with Crippen LogP contribution >= 0.6 is 11.6 Å². The summed E-state index contributed by atoms with van der Waals surface area (Å²) in [5.74, 6) is -0.514. The summed E-state index contributed by atoms with van der Waals surface area (Å²) in [5, 5.41) is 3.12. The number of sulfonamides is 1. The lowest BCUT2D eigenvalue weighted by molar-refractivity contribution is 0.100. The quantitative estimate of drug-likeness (QED) is 0.616. The first-order chi connectivity index (χ1) is 14.8. The molecule has 1 N–H and O–H groups in total. The normalized spacial score (nSPS) is 14.3. The molecule has 1 aliphatic heterocycles. The van der Waals surface area contributed by atoms with E-state index in [0.29, 0.717) is 27.4 Å². The fourth-order valence-corrected chi connectivity index (χ4v) is 4.96. The van der Waals surface area contributed by atoms with E-state index < -0.39 is 21.8 Å². The van der Waals surface area contributed by atoms with Gasteiger partial charge in [-0.05, 0) is 73.7 Å². The molecular weight excluding hydrogens is 440 g/mol. The second kappa shape index (κ2) is 8.05. The zero-order valence-corrected chi connectivity index (χ0v) is 17.9. The van der Waals surface area contributed by atoms with E-state index >= 15 is 0 Å². The van der Waals surface area contributed by atoms with E-state index in [9.17, 15) is 18.0 Å². The Kier molecular flexibility index (Phi) is 5.43. The average Bonchev–Trinajstić information content (AvgIpc) is 2.95. The maximum atomic E-state index is 13.0. The number of hydrogen-bond acceptors (Lipinski definition) is 5. The molecule has 3 aromatic carbocycles. The third-order valence-electron chi connectivity index (χ3n) is 4.66. The van der Waals surface area contributed by atoms with Crippen molar-refractivity contribution in [3.05, 3.63) is 82.9 Å². The molecule has 0 unspecified atom stereocenters. The van der Waals surface area contributed by atoms with Gasteiger partial charge in [0.1, 0.15) is 10.6 Å². The lowest BCUT2D eigenvalue weighted by Gasteiger charge is -2.14. The number of halogens is 1. The van der Waals surface area contributed by atoms with E-state index in [4.69, 9.17) is 16.3 Å². The number of fused-ring (bicyclic) bond motifs is 1. The Balaban J connectivity index is 1.62. The maximum Gasteiger partial charge on any atom is 0.273 e. The van der Waals surface area contributed by atoms with Gasteiger partial charge in [-0.25, -0.2) is 8.42 Å². The molecule has 0 bridgehead atoms. The molecule has 4 rings (SSSR count). The molecule has 0 saturated heterocycles. The minimum absolute atomic E-state index is 0.00701. The molecule has 158 valence electrons. The molecule has 1 aliphatic rings. The fourth-order valence-electron chi connectivity index (χ4n) is 3.21. The smallest absolute Gasteiger partial charge is 0.273 e. The van der Waals surface area contributed by atoms with E-state index in [0.717, 1.165) is 0 Å². The van der Waals surface area contributed by atoms with Crippen LogP contribution in [0, 0.1) is 0 Å². The number of nitrogens with one attached hydrogen (secondary N) is 1. The van der Waals surface area contributed by atoms with E-state index in [1.54, 1.807) is 24.3 Å². The lowest BCUT2D eigenvalue weighted by atomic mass is 10.1. The highest BCUT2D eigenvalue weighted by Crippen LogP contribution is 2.35. The van der Waals surface area contributed by atoms with Gasteiger partial charge in [-0.2, -0.15) is 4.31 Å². The second-order valence-corrected chi connectivity index (χ2v) is 8.87. The lowest BCUT2D eigenvalue weighted by Crippen LogP contribution is -2.29. The van der Waals surface area contributed by atoms with E-state index in [1.807, 2.05) is 6.92 Å². The highest BCUT2D eigenvalue weighted by Gasteiger charge is 2.42. The topological polar surface area (TPSA) is 92.8 Å². The minimum atomic E-state index is -4.16. The van der Waals surface area contributed by atoms with Gasteiger partial charge in [0, 0.05) is 16.3 Å². The summed E-state index contributed by atoms with van der Waals surface area (Å²) in [5.41, 5.74) is 0.816. The van der Waals surface area contributed by atoms with Gasteiger partial charge < -0.3 is 10.1 Å². The van der Waals surface area contributed by atoms with Gasteiger partial charge in [-0.1, -0.05) is 11.6 Å². The van der Waals surface area contributed by atoms with E-state index in [-0.39, 0.29) is 21.7 Å². The van der Waals surface area contributed by atoms with Crippen molar-refractivity contribution in [1.82, 2.24) is 0 Å². The number of ether oxygens (including phenoxy) is 1. The molecule has 0 atom stereocenters. The number of nitrogens with zero attached hydrogens (tertiary/aromatic N) is 1. The first kappa shape index (κ1) is 20.9. The molecule has 1 heterocycles. The van der Waals surface area contributed by atoms with Gasteiger partial charge in [-0.15, -0.1) is 0 Å². The van der Waals surface area contributed by atoms with Crippen molar-refractivity contribution in [2.45, 2.75) is 11.8 Å². The van der Waals surface area contributed by atoms with Crippen LogP contribution in [0.15, 0.2) is 71.6 Å².